The summed E-state index contributed by atoms with van der Waals surface area (Å²) in [6, 6.07) is 12.2. The van der Waals surface area contributed by atoms with Gasteiger partial charge in [0, 0.05) is 23.8 Å². The number of rotatable bonds is 8. The van der Waals surface area contributed by atoms with Crippen LogP contribution in [0.3, 0.4) is 0 Å². The van der Waals surface area contributed by atoms with Gasteiger partial charge in [-0.25, -0.2) is 13.6 Å². The van der Waals surface area contributed by atoms with Gasteiger partial charge in [0.2, 0.25) is 6.41 Å². The Morgan fingerprint density at radius 2 is 1.83 bits per heavy atom. The molecule has 0 atom stereocenters. The molecule has 1 saturated heterocycles. The smallest absolute Gasteiger partial charge is 0.332 e. The Kier molecular flexibility index (Phi) is 6.86. The highest BCUT2D eigenvalue weighted by atomic mass is 32.1. The minimum atomic E-state index is -1.26. The maximum absolute atomic E-state index is 13.7. The third kappa shape index (κ3) is 4.53. The molecule has 7 nitrogen and oxygen atoms in total. The number of ether oxygens (including phenoxy) is 1. The van der Waals surface area contributed by atoms with Crippen LogP contribution in [-0.2, 0) is 11.3 Å². The number of alkyl halides is 2. The van der Waals surface area contributed by atoms with Crippen molar-refractivity contribution in [1.29, 1.82) is 0 Å². The van der Waals surface area contributed by atoms with Gasteiger partial charge in [0.25, 0.3) is 5.56 Å². The van der Waals surface area contributed by atoms with Crippen LogP contribution in [0.4, 0.5) is 8.78 Å². The van der Waals surface area contributed by atoms with E-state index in [9.17, 15) is 23.2 Å². The number of benzene rings is 2. The first kappa shape index (κ1) is 24.2. The Balaban J connectivity index is 1.64. The van der Waals surface area contributed by atoms with E-state index in [1.54, 1.807) is 26.9 Å². The van der Waals surface area contributed by atoms with E-state index in [1.807, 2.05) is 29.6 Å². The number of nitrogens with zero attached hydrogens (tertiary/aromatic N) is 3. The summed E-state index contributed by atoms with van der Waals surface area (Å²) in [4.78, 5) is 40.2. The van der Waals surface area contributed by atoms with Gasteiger partial charge in [-0.2, -0.15) is 0 Å². The minimum absolute atomic E-state index is 0.0786. The first-order chi connectivity index (χ1) is 17.5. The van der Waals surface area contributed by atoms with Crippen LogP contribution in [0.5, 0.6) is 5.75 Å². The van der Waals surface area contributed by atoms with E-state index in [2.05, 4.69) is 0 Å². The lowest BCUT2D eigenvalue weighted by Crippen LogP contribution is -2.44. The molecule has 0 bridgehead atoms. The molecule has 1 amide bonds. The normalized spacial score (nSPS) is 14.7. The molecule has 3 heterocycles. The number of hydrogen-bond acceptors (Lipinski definition) is 5. The van der Waals surface area contributed by atoms with Crippen LogP contribution < -0.4 is 16.0 Å². The van der Waals surface area contributed by atoms with Crippen molar-refractivity contribution in [3.05, 3.63) is 74.2 Å². The van der Waals surface area contributed by atoms with Gasteiger partial charge in [-0.15, -0.1) is 11.3 Å². The Hall–Kier alpha value is -3.53. The predicted octanol–water partition coefficient (Wildman–Crippen LogP) is 3.91. The van der Waals surface area contributed by atoms with Gasteiger partial charge in [-0.3, -0.25) is 18.7 Å². The third-order valence-corrected chi connectivity index (χ3v) is 7.56. The number of amides is 1. The number of likely N-dealkylation sites (tertiary alicyclic amines) is 1. The highest BCUT2D eigenvalue weighted by molar-refractivity contribution is 7.17. The molecule has 2 aromatic heterocycles. The minimum Gasteiger partial charge on any atom is -0.485 e. The van der Waals surface area contributed by atoms with Crippen molar-refractivity contribution in [2.24, 2.45) is 0 Å². The highest BCUT2D eigenvalue weighted by Gasteiger charge is 2.25. The molecule has 0 saturated carbocycles. The van der Waals surface area contributed by atoms with Crippen molar-refractivity contribution < 1.29 is 18.3 Å². The van der Waals surface area contributed by atoms with E-state index in [-0.39, 0.29) is 23.7 Å². The summed E-state index contributed by atoms with van der Waals surface area (Å²) < 4.78 is 35.4. The van der Waals surface area contributed by atoms with Crippen molar-refractivity contribution in [1.82, 2.24) is 14.0 Å². The lowest BCUT2D eigenvalue weighted by atomic mass is 10.0. The maximum Gasteiger partial charge on any atom is 0.332 e. The van der Waals surface area contributed by atoms with Gasteiger partial charge >= 0.3 is 5.69 Å². The van der Waals surface area contributed by atoms with Crippen molar-refractivity contribution in [3.8, 4) is 5.75 Å². The van der Waals surface area contributed by atoms with Gasteiger partial charge in [-0.1, -0.05) is 6.07 Å². The van der Waals surface area contributed by atoms with Crippen LogP contribution in [-0.4, -0.2) is 53.0 Å². The van der Waals surface area contributed by atoms with Gasteiger partial charge in [0.05, 0.1) is 17.4 Å². The van der Waals surface area contributed by atoms with Crippen molar-refractivity contribution >= 4 is 38.7 Å². The molecule has 36 heavy (non-hydrogen) atoms. The molecule has 0 aliphatic carbocycles. The van der Waals surface area contributed by atoms with E-state index in [0.717, 1.165) is 22.1 Å². The van der Waals surface area contributed by atoms with Crippen LogP contribution >= 0.6 is 11.3 Å². The molecule has 188 valence electrons. The summed E-state index contributed by atoms with van der Waals surface area (Å²) in [6.45, 7) is -0.912. The van der Waals surface area contributed by atoms with Crippen LogP contribution in [0, 0.1) is 0 Å². The molecule has 2 aromatic carbocycles. The second-order valence-electron chi connectivity index (χ2n) is 8.94. The molecule has 4 aromatic rings. The lowest BCUT2D eigenvalue weighted by molar-refractivity contribution is -0.119. The Labute approximate surface area is 209 Å². The van der Waals surface area contributed by atoms with E-state index in [1.165, 1.54) is 16.7 Å². The lowest BCUT2D eigenvalue weighted by Gasteiger charge is -2.31. The average molecular weight is 514 g/mol. The average Bonchev–Trinajstić information content (AvgIpc) is 3.38. The number of piperidine rings is 1. The topological polar surface area (TPSA) is 73.5 Å². The molecule has 1 aliphatic rings. The summed E-state index contributed by atoms with van der Waals surface area (Å²) in [5, 5.41) is 3.25. The fourth-order valence-corrected chi connectivity index (χ4v) is 5.54. The largest absolute Gasteiger partial charge is 0.485 e. The first-order valence-electron chi connectivity index (χ1n) is 11.8. The van der Waals surface area contributed by atoms with E-state index in [4.69, 9.17) is 4.74 Å². The molecule has 0 radical (unpaired) electrons. The van der Waals surface area contributed by atoms with Crippen molar-refractivity contribution in [2.45, 2.75) is 31.5 Å². The first-order valence-corrected chi connectivity index (χ1v) is 12.6. The zero-order valence-corrected chi connectivity index (χ0v) is 20.3. The maximum atomic E-state index is 13.7. The van der Waals surface area contributed by atoms with E-state index in [0.29, 0.717) is 31.4 Å². The van der Waals surface area contributed by atoms with Gasteiger partial charge < -0.3 is 9.64 Å². The quantitative estimate of drug-likeness (QED) is 0.335. The SMILES string of the molecule is O=CN1CCC(n2c(=O)n(Cc3ccc4sccc4c3)c(=O)c3cc(OC(CF)CF)ccc32)CC1. The van der Waals surface area contributed by atoms with Crippen LogP contribution in [0.25, 0.3) is 21.0 Å². The Bertz CT molecular complexity index is 1520. The molecule has 0 unspecified atom stereocenters. The van der Waals surface area contributed by atoms with Gasteiger partial charge in [0.1, 0.15) is 19.1 Å². The number of carbonyl (C=O) groups is 1. The molecular formula is C26H25F2N3O4S. The number of fused-ring (bicyclic) bond motifs is 2. The van der Waals surface area contributed by atoms with Crippen LogP contribution in [0.1, 0.15) is 24.4 Å². The molecule has 1 aliphatic heterocycles. The summed E-state index contributed by atoms with van der Waals surface area (Å²) in [5.74, 6) is 0.159. The summed E-state index contributed by atoms with van der Waals surface area (Å²) in [7, 11) is 0. The second kappa shape index (κ2) is 10.2. The number of aromatic nitrogens is 2. The number of halogens is 2. The summed E-state index contributed by atoms with van der Waals surface area (Å²) in [5.41, 5.74) is 0.318. The summed E-state index contributed by atoms with van der Waals surface area (Å²) in [6.07, 6.45) is 0.669. The van der Waals surface area contributed by atoms with Gasteiger partial charge in [-0.05, 0) is 65.6 Å². The molecule has 0 spiro atoms. The van der Waals surface area contributed by atoms with Crippen molar-refractivity contribution in [2.75, 3.05) is 26.4 Å². The van der Waals surface area contributed by atoms with Gasteiger partial charge in [0.15, 0.2) is 6.10 Å². The van der Waals surface area contributed by atoms with Crippen LogP contribution in [0.15, 0.2) is 57.4 Å². The van der Waals surface area contributed by atoms with E-state index >= 15 is 0 Å². The molecule has 0 N–H and O–H groups in total. The summed E-state index contributed by atoms with van der Waals surface area (Å²) >= 11 is 1.61. The van der Waals surface area contributed by atoms with Crippen molar-refractivity contribution in [3.63, 3.8) is 0 Å². The predicted molar refractivity (Wildman–Crippen MR) is 136 cm³/mol. The highest BCUT2D eigenvalue weighted by Crippen LogP contribution is 2.27. The van der Waals surface area contributed by atoms with E-state index < -0.39 is 30.7 Å². The molecular weight excluding hydrogens is 488 g/mol. The Morgan fingerprint density at radius 3 is 2.56 bits per heavy atom. The number of hydrogen-bond donors (Lipinski definition) is 0. The van der Waals surface area contributed by atoms with Crippen LogP contribution in [0.2, 0.25) is 0 Å². The number of carbonyl (C=O) groups excluding carboxylic acids is 1. The second-order valence-corrected chi connectivity index (χ2v) is 9.88. The monoisotopic (exact) mass is 513 g/mol. The fraction of sp³-hybridized carbons (Fsp3) is 0.346. The molecule has 5 rings (SSSR count). The third-order valence-electron chi connectivity index (χ3n) is 6.66. The number of thiophene rings is 1. The molecule has 10 heteroatoms. The zero-order valence-electron chi connectivity index (χ0n) is 19.4. The fourth-order valence-electron chi connectivity index (χ4n) is 4.77. The molecule has 1 fully saturated rings. The standard InChI is InChI=1S/C26H25F2N3O4S/c27-13-21(14-28)35-20-2-3-23-22(12-20)25(33)30(15-17-1-4-24-18(11-17)7-10-36-24)26(34)31(23)19-5-8-29(16-32)9-6-19/h1-4,7,10-12,16,19,21H,5-6,8-9,13-15H2. The zero-order chi connectivity index (χ0) is 25.2. The Morgan fingerprint density at radius 1 is 1.06 bits per heavy atom.